The first-order chi connectivity index (χ1) is 9.17. The summed E-state index contributed by atoms with van der Waals surface area (Å²) in [6.45, 7) is 1.94. The van der Waals surface area contributed by atoms with E-state index in [2.05, 4.69) is 4.98 Å². The van der Waals surface area contributed by atoms with Crippen molar-refractivity contribution in [2.24, 2.45) is 0 Å². The summed E-state index contributed by atoms with van der Waals surface area (Å²) in [7, 11) is 0. The van der Waals surface area contributed by atoms with Crippen molar-refractivity contribution in [3.63, 3.8) is 0 Å². The summed E-state index contributed by atoms with van der Waals surface area (Å²) in [6.07, 6.45) is 3.06. The van der Waals surface area contributed by atoms with E-state index >= 15 is 0 Å². The number of benzene rings is 1. The van der Waals surface area contributed by atoms with E-state index in [1.54, 1.807) is 6.07 Å². The molecule has 2 nitrogen and oxygen atoms in total. The maximum Gasteiger partial charge on any atom is 0.150 e. The van der Waals surface area contributed by atoms with Gasteiger partial charge >= 0.3 is 0 Å². The number of hydrogen-bond donors (Lipinski definition) is 0. The van der Waals surface area contributed by atoms with Gasteiger partial charge in [-0.1, -0.05) is 6.07 Å². The summed E-state index contributed by atoms with van der Waals surface area (Å²) < 4.78 is 13.2. The number of pyridine rings is 1. The van der Waals surface area contributed by atoms with Crippen LogP contribution in [0.3, 0.4) is 0 Å². The minimum Gasteiger partial charge on any atom is -0.298 e. The van der Waals surface area contributed by atoms with Gasteiger partial charge in [-0.05, 0) is 55.2 Å². The molecular weight excluding hydrogens is 241 g/mol. The number of halogens is 1. The van der Waals surface area contributed by atoms with Crippen LogP contribution >= 0.6 is 0 Å². The second-order valence-electron chi connectivity index (χ2n) is 5.05. The van der Waals surface area contributed by atoms with Gasteiger partial charge in [0.15, 0.2) is 6.29 Å². The summed E-state index contributed by atoms with van der Waals surface area (Å²) in [5.74, 6) is 0.165. The molecule has 0 spiro atoms. The fourth-order valence-electron chi connectivity index (χ4n) is 2.33. The molecule has 1 aliphatic carbocycles. The number of hydrogen-bond acceptors (Lipinski definition) is 2. The van der Waals surface area contributed by atoms with Gasteiger partial charge < -0.3 is 0 Å². The average molecular weight is 255 g/mol. The predicted molar refractivity (Wildman–Crippen MR) is 71.7 cm³/mol. The Morgan fingerprint density at radius 3 is 2.74 bits per heavy atom. The van der Waals surface area contributed by atoms with Crippen molar-refractivity contribution in [2.75, 3.05) is 0 Å². The SMILES string of the molecule is Cc1cc(-c2ccc(F)cc2C=O)cc(C2CC2)n1. The Kier molecular flexibility index (Phi) is 2.90. The van der Waals surface area contributed by atoms with Crippen LogP contribution in [-0.4, -0.2) is 11.3 Å². The molecule has 1 fully saturated rings. The zero-order valence-electron chi connectivity index (χ0n) is 10.7. The molecule has 0 aliphatic heterocycles. The molecule has 1 aromatic carbocycles. The van der Waals surface area contributed by atoms with Crippen LogP contribution in [0.1, 0.15) is 40.5 Å². The van der Waals surface area contributed by atoms with Gasteiger partial charge in [0.1, 0.15) is 5.82 Å². The first kappa shape index (κ1) is 12.0. The molecule has 0 amide bonds. The van der Waals surface area contributed by atoms with E-state index in [1.807, 2.05) is 19.1 Å². The highest BCUT2D eigenvalue weighted by Gasteiger charge is 2.25. The largest absolute Gasteiger partial charge is 0.298 e. The highest BCUT2D eigenvalue weighted by molar-refractivity contribution is 5.87. The van der Waals surface area contributed by atoms with Crippen molar-refractivity contribution in [2.45, 2.75) is 25.7 Å². The number of aldehydes is 1. The van der Waals surface area contributed by atoms with Gasteiger partial charge in [-0.15, -0.1) is 0 Å². The lowest BCUT2D eigenvalue weighted by atomic mass is 9.99. The molecule has 0 radical (unpaired) electrons. The molecular formula is C16H14FNO. The second kappa shape index (κ2) is 4.57. The summed E-state index contributed by atoms with van der Waals surface area (Å²) in [5.41, 5.74) is 4.10. The van der Waals surface area contributed by atoms with Crippen LogP contribution in [0.25, 0.3) is 11.1 Å². The molecule has 96 valence electrons. The highest BCUT2D eigenvalue weighted by Crippen LogP contribution is 2.40. The molecule has 0 atom stereocenters. The van der Waals surface area contributed by atoms with Gasteiger partial charge in [-0.3, -0.25) is 9.78 Å². The second-order valence-corrected chi connectivity index (χ2v) is 5.05. The van der Waals surface area contributed by atoms with Crippen LogP contribution in [0.4, 0.5) is 4.39 Å². The van der Waals surface area contributed by atoms with Crippen LogP contribution in [0.2, 0.25) is 0 Å². The van der Waals surface area contributed by atoms with Gasteiger partial charge in [0, 0.05) is 22.9 Å². The Labute approximate surface area is 111 Å². The molecule has 1 saturated carbocycles. The Bertz CT molecular complexity index is 647. The van der Waals surface area contributed by atoms with Crippen molar-refractivity contribution in [3.05, 3.63) is 53.1 Å². The standard InChI is InChI=1S/C16H14FNO/c1-10-6-12(8-16(18-10)11-2-3-11)15-5-4-14(17)7-13(15)9-19/h4-9,11H,2-3H2,1H3. The predicted octanol–water partition coefficient (Wildman–Crippen LogP) is 3.89. The number of carbonyl (C=O) groups excluding carboxylic acids is 1. The average Bonchev–Trinajstić information content (AvgIpc) is 3.22. The lowest BCUT2D eigenvalue weighted by Crippen LogP contribution is -1.94. The van der Waals surface area contributed by atoms with Crippen molar-refractivity contribution in [1.29, 1.82) is 0 Å². The van der Waals surface area contributed by atoms with Crippen LogP contribution in [0.15, 0.2) is 30.3 Å². The van der Waals surface area contributed by atoms with Crippen LogP contribution in [-0.2, 0) is 0 Å². The normalized spacial score (nSPS) is 14.4. The molecule has 3 rings (SSSR count). The van der Waals surface area contributed by atoms with E-state index in [4.69, 9.17) is 0 Å². The number of rotatable bonds is 3. The van der Waals surface area contributed by atoms with Gasteiger partial charge in [0.05, 0.1) is 0 Å². The molecule has 0 bridgehead atoms. The maximum atomic E-state index is 13.2. The Balaban J connectivity index is 2.13. The van der Waals surface area contributed by atoms with E-state index in [9.17, 15) is 9.18 Å². The Hall–Kier alpha value is -2.03. The molecule has 3 heteroatoms. The van der Waals surface area contributed by atoms with Crippen molar-refractivity contribution >= 4 is 6.29 Å². The summed E-state index contributed by atoms with van der Waals surface area (Å²) in [5, 5.41) is 0. The topological polar surface area (TPSA) is 30.0 Å². The lowest BCUT2D eigenvalue weighted by Gasteiger charge is -2.08. The van der Waals surface area contributed by atoms with E-state index < -0.39 is 0 Å². The number of carbonyl (C=O) groups is 1. The Morgan fingerprint density at radius 1 is 1.26 bits per heavy atom. The van der Waals surface area contributed by atoms with Gasteiger partial charge in [0.25, 0.3) is 0 Å². The summed E-state index contributed by atoms with van der Waals surface area (Å²) in [6, 6.07) is 8.27. The van der Waals surface area contributed by atoms with Crippen molar-refractivity contribution in [1.82, 2.24) is 4.98 Å². The smallest absolute Gasteiger partial charge is 0.150 e. The lowest BCUT2D eigenvalue weighted by molar-refractivity contribution is 0.112. The van der Waals surface area contributed by atoms with Gasteiger partial charge in [-0.2, -0.15) is 0 Å². The monoisotopic (exact) mass is 255 g/mol. The van der Waals surface area contributed by atoms with E-state index in [0.717, 1.165) is 22.5 Å². The van der Waals surface area contributed by atoms with Gasteiger partial charge in [0.2, 0.25) is 0 Å². The molecule has 0 N–H and O–H groups in total. The summed E-state index contributed by atoms with van der Waals surface area (Å²) in [4.78, 5) is 15.6. The zero-order chi connectivity index (χ0) is 13.4. The minimum atomic E-state index is -0.390. The minimum absolute atomic E-state index is 0.382. The highest BCUT2D eigenvalue weighted by atomic mass is 19.1. The van der Waals surface area contributed by atoms with Crippen LogP contribution < -0.4 is 0 Å². The molecule has 1 aliphatic rings. The molecule has 0 unspecified atom stereocenters. The first-order valence-corrected chi connectivity index (χ1v) is 6.41. The summed E-state index contributed by atoms with van der Waals surface area (Å²) >= 11 is 0. The number of nitrogens with zero attached hydrogens (tertiary/aromatic N) is 1. The fourth-order valence-corrected chi connectivity index (χ4v) is 2.33. The van der Waals surface area contributed by atoms with E-state index in [-0.39, 0.29) is 5.82 Å². The number of aryl methyl sites for hydroxylation is 1. The molecule has 0 saturated heterocycles. The maximum absolute atomic E-state index is 13.2. The van der Waals surface area contributed by atoms with Gasteiger partial charge in [-0.25, -0.2) is 4.39 Å². The van der Waals surface area contributed by atoms with Crippen molar-refractivity contribution < 1.29 is 9.18 Å². The molecule has 19 heavy (non-hydrogen) atoms. The quantitative estimate of drug-likeness (QED) is 0.779. The van der Waals surface area contributed by atoms with Crippen molar-refractivity contribution in [3.8, 4) is 11.1 Å². The fraction of sp³-hybridized carbons (Fsp3) is 0.250. The third-order valence-corrected chi connectivity index (χ3v) is 3.42. The molecule has 2 aromatic rings. The third-order valence-electron chi connectivity index (χ3n) is 3.42. The van der Waals surface area contributed by atoms with Crippen LogP contribution in [0, 0.1) is 12.7 Å². The molecule has 1 aromatic heterocycles. The number of aromatic nitrogens is 1. The zero-order valence-corrected chi connectivity index (χ0v) is 10.7. The van der Waals surface area contributed by atoms with E-state index in [0.29, 0.717) is 17.8 Å². The van der Waals surface area contributed by atoms with Crippen LogP contribution in [0.5, 0.6) is 0 Å². The molecule has 1 heterocycles. The Morgan fingerprint density at radius 2 is 2.05 bits per heavy atom. The van der Waals surface area contributed by atoms with E-state index in [1.165, 1.54) is 25.0 Å². The third kappa shape index (κ3) is 2.41. The first-order valence-electron chi connectivity index (χ1n) is 6.41.